The standard InChI is InChI=1S/C60H36N2S2.C36H30BNO2S.C30H18BrNS/c1-3-11-43(12-4-1)61-53-17-9-7-15-45(53)47-31-37(19-25-55(47)61)39-21-27-57-49(33-39)51-35-41(23-29-59(51)63-57)42-24-30-60-52(36-42)50-34-40(22-28-58(50)64-60)38-20-26-56-48(32-38)46-16-8-10-18-54(46)62(56)44-13-5-2-6-14-44;1-35(2)36(3,4)40-37(39-35)25-16-19-34-30(22-25)29-21-24(15-18-33(29)41-34)23-14-17-32-28(20-23)27-12-8-9-13-31(27)38(32)26-10-6-5-7-11-26;31-21-12-15-30-26(18-21)25-17-20(11-14-29(25)33-30)19-10-13-28-24(16-19)23-8-4-5-9-27(23)32(28)22-6-2-1-3-7-22/h1-36H;5-22H,1-4H3;1-18H. The summed E-state index contributed by atoms with van der Waals surface area (Å²) in [5.41, 5.74) is 27.2. The zero-order chi connectivity index (χ0) is 91.8. The lowest BCUT2D eigenvalue weighted by Gasteiger charge is -2.32. The molecule has 29 rings (SSSR count). The molecule has 0 atom stereocenters. The molecule has 1 saturated heterocycles. The molecule has 0 bridgehead atoms. The Hall–Kier alpha value is -15.1. The molecule has 0 aliphatic carbocycles. The van der Waals surface area contributed by atoms with Crippen LogP contribution >= 0.6 is 61.3 Å². The van der Waals surface area contributed by atoms with Crippen LogP contribution < -0.4 is 5.46 Å². The van der Waals surface area contributed by atoms with E-state index in [1.165, 1.54) is 246 Å². The van der Waals surface area contributed by atoms with E-state index in [2.05, 4.69) is 499 Å². The summed E-state index contributed by atoms with van der Waals surface area (Å²) >= 11 is 11.1. The van der Waals surface area contributed by atoms with Gasteiger partial charge in [0.05, 0.1) is 55.3 Å². The fraction of sp³-hybridized carbons (Fsp3) is 0.0476. The number of hydrogen-bond acceptors (Lipinski definition) is 6. The lowest BCUT2D eigenvalue weighted by atomic mass is 9.78. The average Bonchev–Trinajstić information content (AvgIpc) is 1.58. The van der Waals surface area contributed by atoms with Gasteiger partial charge in [-0.05, 0) is 313 Å². The molecule has 20 aromatic carbocycles. The average molecular weight is 1910 g/mol. The summed E-state index contributed by atoms with van der Waals surface area (Å²) in [6.07, 6.45) is 0. The van der Waals surface area contributed by atoms with Crippen LogP contribution in [0, 0.1) is 0 Å². The Labute approximate surface area is 820 Å². The number of nitrogens with zero attached hydrogens (tertiary/aromatic N) is 4. The molecular weight excluding hydrogens is 1820 g/mol. The SMILES string of the molecule is Brc1ccc2sc3ccc(-c4ccc5c(c4)c4ccccc4n5-c4ccccc4)cc3c2c1.CC1(C)OB(c2ccc3sc4ccc(-c5ccc6c(c5)c5ccccc5n6-c5ccccc5)cc4c3c2)OC1(C)C.c1ccc(-n2c3ccccc3c3cc(-c4ccc5sc6ccc(-c7ccc8sc9ccc(-c%10ccc%11c(c%10)c%10ccccc%10n%11-c%10ccccc%10)cc9c8c7)cc6c5c4)ccc32)cc1. The van der Waals surface area contributed by atoms with E-state index >= 15 is 0 Å². The summed E-state index contributed by atoms with van der Waals surface area (Å²) in [4.78, 5) is 0. The first-order valence-corrected chi connectivity index (χ1v) is 51.0. The van der Waals surface area contributed by atoms with Crippen molar-refractivity contribution in [2.45, 2.75) is 38.9 Å². The monoisotopic (exact) mass is 1900 g/mol. The van der Waals surface area contributed by atoms with Crippen LogP contribution in [0.1, 0.15) is 27.7 Å². The van der Waals surface area contributed by atoms with Crippen molar-refractivity contribution in [3.05, 3.63) is 441 Å². The Bertz CT molecular complexity index is 9550. The maximum absolute atomic E-state index is 6.37. The predicted octanol–water partition coefficient (Wildman–Crippen LogP) is 36.3. The molecule has 28 aromatic rings. The molecule has 1 aliphatic heterocycles. The normalized spacial score (nSPS) is 13.3. The Morgan fingerprint density at radius 1 is 0.188 bits per heavy atom. The van der Waals surface area contributed by atoms with Gasteiger partial charge in [-0.25, -0.2) is 0 Å². The van der Waals surface area contributed by atoms with E-state index in [4.69, 9.17) is 9.31 Å². The molecule has 8 aromatic heterocycles. The van der Waals surface area contributed by atoms with E-state index in [-0.39, 0.29) is 18.3 Å². The van der Waals surface area contributed by atoms with Gasteiger partial charge < -0.3 is 27.6 Å². The summed E-state index contributed by atoms with van der Waals surface area (Å²) in [6, 6.07) is 160. The number of benzene rings is 20. The fourth-order valence-electron chi connectivity index (χ4n) is 21.3. The molecule has 0 saturated carbocycles. The second kappa shape index (κ2) is 32.6. The van der Waals surface area contributed by atoms with Crippen molar-refractivity contribution in [2.24, 2.45) is 0 Å². The van der Waals surface area contributed by atoms with Crippen molar-refractivity contribution in [1.82, 2.24) is 18.3 Å². The predicted molar refractivity (Wildman–Crippen MR) is 599 cm³/mol. The Kier molecular flexibility index (Phi) is 19.5. The van der Waals surface area contributed by atoms with Gasteiger partial charge in [-0.3, -0.25) is 0 Å². The number of fused-ring (bicyclic) bond motifs is 24. The third kappa shape index (κ3) is 13.7. The van der Waals surface area contributed by atoms with Crippen LogP contribution in [0.5, 0.6) is 0 Å². The molecule has 138 heavy (non-hydrogen) atoms. The maximum atomic E-state index is 6.37. The van der Waals surface area contributed by atoms with Gasteiger partial charge in [0, 0.05) is 146 Å². The molecule has 0 spiro atoms. The van der Waals surface area contributed by atoms with Gasteiger partial charge in [0.15, 0.2) is 0 Å². The van der Waals surface area contributed by atoms with E-state index in [0.29, 0.717) is 0 Å². The van der Waals surface area contributed by atoms with E-state index < -0.39 is 0 Å². The van der Waals surface area contributed by atoms with Crippen molar-refractivity contribution < 1.29 is 9.31 Å². The molecular formula is C126H84BBrN4O2S4. The number of hydrogen-bond donors (Lipinski definition) is 0. The van der Waals surface area contributed by atoms with Crippen molar-refractivity contribution in [1.29, 1.82) is 0 Å². The molecule has 0 amide bonds. The first-order valence-electron chi connectivity index (χ1n) is 47.0. The van der Waals surface area contributed by atoms with E-state index in [9.17, 15) is 0 Å². The second-order valence-electron chi connectivity index (χ2n) is 37.3. The second-order valence-corrected chi connectivity index (χ2v) is 42.6. The van der Waals surface area contributed by atoms with Gasteiger partial charge in [-0.1, -0.05) is 234 Å². The van der Waals surface area contributed by atoms with Crippen molar-refractivity contribution in [2.75, 3.05) is 0 Å². The fourth-order valence-corrected chi connectivity index (χ4v) is 26.0. The van der Waals surface area contributed by atoms with Crippen LogP contribution in [0.4, 0.5) is 0 Å². The van der Waals surface area contributed by atoms with Gasteiger partial charge in [0.2, 0.25) is 0 Å². The van der Waals surface area contributed by atoms with Crippen LogP contribution in [-0.4, -0.2) is 36.6 Å². The highest BCUT2D eigenvalue weighted by molar-refractivity contribution is 9.10. The smallest absolute Gasteiger partial charge is 0.399 e. The highest BCUT2D eigenvalue weighted by Crippen LogP contribution is 2.49. The number of para-hydroxylation sites is 8. The third-order valence-electron chi connectivity index (χ3n) is 28.8. The van der Waals surface area contributed by atoms with Crippen LogP contribution in [0.2, 0.25) is 0 Å². The van der Waals surface area contributed by atoms with E-state index in [1.54, 1.807) is 0 Å². The number of rotatable bonds is 10. The zero-order valence-corrected chi connectivity index (χ0v) is 80.6. The topological polar surface area (TPSA) is 38.2 Å². The molecule has 9 heterocycles. The maximum Gasteiger partial charge on any atom is 0.494 e. The Morgan fingerprint density at radius 3 is 0.645 bits per heavy atom. The lowest BCUT2D eigenvalue weighted by Crippen LogP contribution is -2.41. The number of thiophene rings is 4. The highest BCUT2D eigenvalue weighted by Gasteiger charge is 2.52. The largest absolute Gasteiger partial charge is 0.494 e. The van der Waals surface area contributed by atoms with E-state index in [0.717, 1.165) is 9.94 Å². The van der Waals surface area contributed by atoms with Crippen LogP contribution in [-0.2, 0) is 9.31 Å². The van der Waals surface area contributed by atoms with Crippen LogP contribution in [0.15, 0.2) is 441 Å². The van der Waals surface area contributed by atoms with Gasteiger partial charge in [0.25, 0.3) is 0 Å². The molecule has 6 nitrogen and oxygen atoms in total. The zero-order valence-electron chi connectivity index (χ0n) is 75.8. The van der Waals surface area contributed by atoms with Gasteiger partial charge in [-0.2, -0.15) is 0 Å². The van der Waals surface area contributed by atoms with Gasteiger partial charge in [0.1, 0.15) is 0 Å². The first kappa shape index (κ1) is 82.4. The lowest BCUT2D eigenvalue weighted by molar-refractivity contribution is 0.00578. The Balaban J connectivity index is 0.000000112. The molecule has 654 valence electrons. The summed E-state index contributed by atoms with van der Waals surface area (Å²) < 4.78 is 33.8. The van der Waals surface area contributed by atoms with Crippen LogP contribution in [0.3, 0.4) is 0 Å². The minimum atomic E-state index is -0.369. The Morgan fingerprint density at radius 2 is 0.384 bits per heavy atom. The molecule has 1 fully saturated rings. The van der Waals surface area contributed by atoms with Crippen molar-refractivity contribution in [3.63, 3.8) is 0 Å². The minimum absolute atomic E-state index is 0.362. The summed E-state index contributed by atoms with van der Waals surface area (Å²) in [6.45, 7) is 8.41. The third-order valence-corrected chi connectivity index (χ3v) is 33.9. The van der Waals surface area contributed by atoms with Gasteiger partial charge in [-0.15, -0.1) is 45.3 Å². The van der Waals surface area contributed by atoms with Gasteiger partial charge >= 0.3 is 7.12 Å². The quantitative estimate of drug-likeness (QED) is 0.128. The summed E-state index contributed by atoms with van der Waals surface area (Å²) in [5.74, 6) is 0. The van der Waals surface area contributed by atoms with E-state index in [1.807, 2.05) is 45.3 Å². The summed E-state index contributed by atoms with van der Waals surface area (Å²) in [7, 11) is -0.369. The molecule has 0 radical (unpaired) electrons. The van der Waals surface area contributed by atoms with Crippen LogP contribution in [0.25, 0.3) is 246 Å². The number of halogens is 1. The first-order chi connectivity index (χ1) is 67.7. The number of aromatic nitrogens is 4. The molecule has 1 aliphatic rings. The molecule has 0 N–H and O–H groups in total. The minimum Gasteiger partial charge on any atom is -0.399 e. The highest BCUT2D eigenvalue weighted by atomic mass is 79.9. The molecule has 12 heteroatoms. The van der Waals surface area contributed by atoms with Crippen molar-refractivity contribution in [3.8, 4) is 78.4 Å². The van der Waals surface area contributed by atoms with Crippen molar-refractivity contribution >= 4 is 242 Å². The summed E-state index contributed by atoms with van der Waals surface area (Å²) in [5, 5.41) is 20.6. The molecule has 0 unspecified atom stereocenters.